The number of halogens is 2. The molecule has 1 heterocycles. The zero-order valence-corrected chi connectivity index (χ0v) is 18.3. The van der Waals surface area contributed by atoms with Crippen molar-refractivity contribution < 1.29 is 13.9 Å². The molecule has 1 saturated heterocycles. The highest BCUT2D eigenvalue weighted by Crippen LogP contribution is 2.18. The molecule has 1 amide bonds. The second kappa shape index (κ2) is 10.7. The van der Waals surface area contributed by atoms with Crippen molar-refractivity contribution in [1.29, 1.82) is 0 Å². The van der Waals surface area contributed by atoms with Crippen LogP contribution in [-0.4, -0.2) is 67.1 Å². The molecule has 0 radical (unpaired) electrons. The zero-order valence-electron chi connectivity index (χ0n) is 16.7. The van der Waals surface area contributed by atoms with Crippen LogP contribution in [0.25, 0.3) is 0 Å². The number of carbonyl (C=O) groups excluding carboxylic acids is 1. The summed E-state index contributed by atoms with van der Waals surface area (Å²) in [6.07, 6.45) is -0.426. The predicted octanol–water partition coefficient (Wildman–Crippen LogP) is 3.97. The fourth-order valence-corrected chi connectivity index (χ4v) is 3.57. The first kappa shape index (κ1) is 21.7. The van der Waals surface area contributed by atoms with Crippen molar-refractivity contribution in [2.45, 2.75) is 13.2 Å². The van der Waals surface area contributed by atoms with Crippen molar-refractivity contribution in [2.75, 3.05) is 46.3 Å². The summed E-state index contributed by atoms with van der Waals surface area (Å²) >= 11 is 3.27. The van der Waals surface area contributed by atoms with E-state index < -0.39 is 6.09 Å². The van der Waals surface area contributed by atoms with Crippen LogP contribution < -0.4 is 0 Å². The van der Waals surface area contributed by atoms with Crippen LogP contribution in [0.5, 0.6) is 0 Å². The van der Waals surface area contributed by atoms with Crippen molar-refractivity contribution in [3.8, 4) is 0 Å². The topological polar surface area (TPSA) is 36.0 Å². The number of hydrogen-bond acceptors (Lipinski definition) is 4. The van der Waals surface area contributed by atoms with Gasteiger partial charge in [-0.1, -0.05) is 52.3 Å². The monoisotopic (exact) mass is 463 g/mol. The molecule has 1 aliphatic heterocycles. The number of likely N-dealkylation sites (N-methyl/N-ethyl adjacent to an activating group) is 1. The molecular formula is C22H27BrFN3O2. The van der Waals surface area contributed by atoms with Crippen LogP contribution in [0.15, 0.2) is 53.0 Å². The Kier molecular flexibility index (Phi) is 8.03. The van der Waals surface area contributed by atoms with Gasteiger partial charge in [0.1, 0.15) is 12.4 Å². The Morgan fingerprint density at radius 1 is 1.14 bits per heavy atom. The minimum atomic E-state index is -0.426. The molecule has 2 aromatic rings. The van der Waals surface area contributed by atoms with Crippen LogP contribution in [0.2, 0.25) is 0 Å². The summed E-state index contributed by atoms with van der Waals surface area (Å²) in [5, 5.41) is 0. The SMILES string of the molecule is CN1CCN(CCN(Cc2ccc(Br)cc2F)C(=O)OCc2ccccc2)CC1. The zero-order chi connectivity index (χ0) is 20.6. The molecule has 5 nitrogen and oxygen atoms in total. The van der Waals surface area contributed by atoms with Gasteiger partial charge in [-0.3, -0.25) is 4.90 Å². The Labute approximate surface area is 180 Å². The molecule has 7 heteroatoms. The lowest BCUT2D eigenvalue weighted by molar-refractivity contribution is 0.0829. The summed E-state index contributed by atoms with van der Waals surface area (Å²) in [4.78, 5) is 19.0. The lowest BCUT2D eigenvalue weighted by Gasteiger charge is -2.33. The van der Waals surface area contributed by atoms with Crippen molar-refractivity contribution in [3.05, 3.63) is 69.9 Å². The first-order valence-corrected chi connectivity index (χ1v) is 10.6. The number of amides is 1. The number of carbonyl (C=O) groups is 1. The number of hydrogen-bond donors (Lipinski definition) is 0. The van der Waals surface area contributed by atoms with Gasteiger partial charge in [0.15, 0.2) is 0 Å². The minimum Gasteiger partial charge on any atom is -0.445 e. The van der Waals surface area contributed by atoms with E-state index in [2.05, 4.69) is 32.8 Å². The summed E-state index contributed by atoms with van der Waals surface area (Å²) < 4.78 is 20.5. The van der Waals surface area contributed by atoms with Crippen LogP contribution in [0.3, 0.4) is 0 Å². The predicted molar refractivity (Wildman–Crippen MR) is 115 cm³/mol. The fraction of sp³-hybridized carbons (Fsp3) is 0.409. The Bertz CT molecular complexity index is 798. The second-order valence-electron chi connectivity index (χ2n) is 7.34. The second-order valence-corrected chi connectivity index (χ2v) is 8.26. The van der Waals surface area contributed by atoms with E-state index >= 15 is 0 Å². The van der Waals surface area contributed by atoms with Gasteiger partial charge in [-0.2, -0.15) is 0 Å². The number of benzene rings is 2. The fourth-order valence-electron chi connectivity index (χ4n) is 3.23. The summed E-state index contributed by atoms with van der Waals surface area (Å²) in [6, 6.07) is 14.5. The van der Waals surface area contributed by atoms with Gasteiger partial charge in [0, 0.05) is 49.3 Å². The molecule has 0 aromatic heterocycles. The van der Waals surface area contributed by atoms with E-state index in [1.54, 1.807) is 17.0 Å². The highest BCUT2D eigenvalue weighted by Gasteiger charge is 2.20. The minimum absolute atomic E-state index is 0.181. The molecule has 156 valence electrons. The highest BCUT2D eigenvalue weighted by atomic mass is 79.9. The Morgan fingerprint density at radius 3 is 2.55 bits per heavy atom. The first-order valence-electron chi connectivity index (χ1n) is 9.82. The van der Waals surface area contributed by atoms with Gasteiger partial charge in [-0.05, 0) is 24.7 Å². The van der Waals surface area contributed by atoms with Gasteiger partial charge in [0.05, 0.1) is 6.54 Å². The average molecular weight is 464 g/mol. The van der Waals surface area contributed by atoms with Crippen LogP contribution in [0, 0.1) is 5.82 Å². The van der Waals surface area contributed by atoms with Crippen LogP contribution in [0.1, 0.15) is 11.1 Å². The van der Waals surface area contributed by atoms with Crippen LogP contribution in [-0.2, 0) is 17.9 Å². The maximum Gasteiger partial charge on any atom is 0.410 e. The lowest BCUT2D eigenvalue weighted by Crippen LogP contribution is -2.47. The molecular weight excluding hydrogens is 437 g/mol. The van der Waals surface area contributed by atoms with Crippen molar-refractivity contribution in [3.63, 3.8) is 0 Å². The highest BCUT2D eigenvalue weighted by molar-refractivity contribution is 9.10. The molecule has 0 aliphatic carbocycles. The van der Waals surface area contributed by atoms with Crippen molar-refractivity contribution in [1.82, 2.24) is 14.7 Å². The van der Waals surface area contributed by atoms with Crippen LogP contribution in [0.4, 0.5) is 9.18 Å². The molecule has 0 saturated carbocycles. The van der Waals surface area contributed by atoms with E-state index in [1.165, 1.54) is 6.07 Å². The van der Waals surface area contributed by atoms with Gasteiger partial charge in [-0.25, -0.2) is 9.18 Å². The molecule has 3 rings (SSSR count). The molecule has 0 spiro atoms. The van der Waals surface area contributed by atoms with Crippen molar-refractivity contribution in [2.24, 2.45) is 0 Å². The summed E-state index contributed by atoms with van der Waals surface area (Å²) in [7, 11) is 2.11. The third kappa shape index (κ3) is 6.80. The number of nitrogens with zero attached hydrogens (tertiary/aromatic N) is 3. The molecule has 29 heavy (non-hydrogen) atoms. The quantitative estimate of drug-likeness (QED) is 0.622. The average Bonchev–Trinajstić information content (AvgIpc) is 2.73. The molecule has 2 aromatic carbocycles. The van der Waals surface area contributed by atoms with E-state index in [4.69, 9.17) is 4.74 Å². The maximum absolute atomic E-state index is 14.3. The Morgan fingerprint density at radius 2 is 1.86 bits per heavy atom. The van der Waals surface area contributed by atoms with Crippen LogP contribution >= 0.6 is 15.9 Å². The molecule has 1 aliphatic rings. The lowest BCUT2D eigenvalue weighted by atomic mass is 10.2. The van der Waals surface area contributed by atoms with Gasteiger partial charge in [0.2, 0.25) is 0 Å². The standard InChI is InChI=1S/C22H27BrFN3O2/c1-25-9-11-26(12-10-25)13-14-27(16-19-7-8-20(23)15-21(19)24)22(28)29-17-18-5-3-2-4-6-18/h2-8,15H,9-14,16-17H2,1H3. The van der Waals surface area contributed by atoms with Gasteiger partial charge in [0.25, 0.3) is 0 Å². The molecule has 0 atom stereocenters. The normalized spacial score (nSPS) is 15.3. The number of rotatable bonds is 7. The summed E-state index contributed by atoms with van der Waals surface area (Å²) in [5.41, 5.74) is 1.40. The van der Waals surface area contributed by atoms with E-state index in [0.29, 0.717) is 16.6 Å². The number of ether oxygens (including phenoxy) is 1. The van der Waals surface area contributed by atoms with E-state index in [0.717, 1.165) is 38.3 Å². The molecule has 0 N–H and O–H groups in total. The summed E-state index contributed by atoms with van der Waals surface area (Å²) in [5.74, 6) is -0.333. The third-order valence-electron chi connectivity index (χ3n) is 5.12. The Balaban J connectivity index is 1.63. The van der Waals surface area contributed by atoms with E-state index in [9.17, 15) is 9.18 Å². The maximum atomic E-state index is 14.3. The third-order valence-corrected chi connectivity index (χ3v) is 5.61. The molecule has 0 unspecified atom stereocenters. The number of piperazine rings is 1. The van der Waals surface area contributed by atoms with Crippen molar-refractivity contribution >= 4 is 22.0 Å². The van der Waals surface area contributed by atoms with E-state index in [1.807, 2.05) is 30.3 Å². The largest absolute Gasteiger partial charge is 0.445 e. The Hall–Kier alpha value is -1.96. The van der Waals surface area contributed by atoms with Gasteiger partial charge in [-0.15, -0.1) is 0 Å². The molecule has 1 fully saturated rings. The molecule has 0 bridgehead atoms. The summed E-state index contributed by atoms with van der Waals surface area (Å²) in [6.45, 7) is 5.58. The smallest absolute Gasteiger partial charge is 0.410 e. The van der Waals surface area contributed by atoms with Gasteiger partial charge >= 0.3 is 6.09 Å². The van der Waals surface area contributed by atoms with E-state index in [-0.39, 0.29) is 19.0 Å². The first-order chi connectivity index (χ1) is 14.0. The van der Waals surface area contributed by atoms with Gasteiger partial charge < -0.3 is 14.5 Å².